The maximum absolute atomic E-state index is 12.8. The molecule has 0 spiro atoms. The number of carbonyl (C=O) groups is 2. The Bertz CT molecular complexity index is 737. The maximum Gasteiger partial charge on any atom is 0.238 e. The van der Waals surface area contributed by atoms with Gasteiger partial charge in [0.15, 0.2) is 0 Å². The summed E-state index contributed by atoms with van der Waals surface area (Å²) in [5.41, 5.74) is 2.95. The summed E-state index contributed by atoms with van der Waals surface area (Å²) in [7, 11) is 0. The summed E-state index contributed by atoms with van der Waals surface area (Å²) >= 11 is 2.21. The lowest BCUT2D eigenvalue weighted by atomic mass is 9.90. The molecule has 1 saturated heterocycles. The molecule has 0 bridgehead atoms. The zero-order chi connectivity index (χ0) is 16.6. The Labute approximate surface area is 149 Å². The van der Waals surface area contributed by atoms with Crippen molar-refractivity contribution >= 4 is 40.1 Å². The van der Waals surface area contributed by atoms with E-state index in [1.165, 1.54) is 10.5 Å². The van der Waals surface area contributed by atoms with E-state index >= 15 is 0 Å². The van der Waals surface area contributed by atoms with Crippen LogP contribution < -0.4 is 4.90 Å². The third-order valence-electron chi connectivity index (χ3n) is 4.41. The van der Waals surface area contributed by atoms with E-state index in [1.54, 1.807) is 0 Å². The molecule has 2 amide bonds. The zero-order valence-electron chi connectivity index (χ0n) is 13.1. The zero-order valence-corrected chi connectivity index (χ0v) is 15.3. The molecule has 0 aliphatic carbocycles. The van der Waals surface area contributed by atoms with Crippen LogP contribution in [-0.4, -0.2) is 11.8 Å². The molecule has 0 saturated carbocycles. The van der Waals surface area contributed by atoms with Crippen molar-refractivity contribution in [2.24, 2.45) is 11.8 Å². The molecule has 23 heavy (non-hydrogen) atoms. The molecular formula is C19H18INO2. The van der Waals surface area contributed by atoms with Gasteiger partial charge in [-0.15, -0.1) is 0 Å². The van der Waals surface area contributed by atoms with Gasteiger partial charge in [0.25, 0.3) is 0 Å². The first-order valence-electron chi connectivity index (χ1n) is 7.66. The summed E-state index contributed by atoms with van der Waals surface area (Å²) in [5, 5.41) is 0. The normalized spacial score (nSPS) is 21.1. The third kappa shape index (κ3) is 3.17. The van der Waals surface area contributed by atoms with Crippen molar-refractivity contribution < 1.29 is 9.59 Å². The fraction of sp³-hybridized carbons (Fsp3) is 0.263. The van der Waals surface area contributed by atoms with E-state index in [2.05, 4.69) is 22.6 Å². The van der Waals surface area contributed by atoms with Gasteiger partial charge < -0.3 is 0 Å². The van der Waals surface area contributed by atoms with Crippen LogP contribution in [0.4, 0.5) is 5.69 Å². The first-order valence-corrected chi connectivity index (χ1v) is 8.74. The first kappa shape index (κ1) is 16.2. The topological polar surface area (TPSA) is 37.4 Å². The number of hydrogen-bond acceptors (Lipinski definition) is 2. The molecule has 0 radical (unpaired) electrons. The molecular weight excluding hydrogens is 401 g/mol. The third-order valence-corrected chi connectivity index (χ3v) is 5.13. The number of hydrogen-bond donors (Lipinski definition) is 0. The minimum absolute atomic E-state index is 0.0933. The fourth-order valence-corrected chi connectivity index (χ4v) is 3.31. The van der Waals surface area contributed by atoms with Crippen LogP contribution in [-0.2, 0) is 16.0 Å². The number of imide groups is 1. The highest BCUT2D eigenvalue weighted by Crippen LogP contribution is 2.33. The molecule has 1 heterocycles. The average molecular weight is 419 g/mol. The minimum atomic E-state index is -0.289. The van der Waals surface area contributed by atoms with Crippen molar-refractivity contribution in [2.75, 3.05) is 4.90 Å². The molecule has 3 nitrogen and oxygen atoms in total. The number of halogens is 1. The molecule has 2 atom stereocenters. The van der Waals surface area contributed by atoms with E-state index in [9.17, 15) is 9.59 Å². The molecule has 0 aromatic heterocycles. The van der Waals surface area contributed by atoms with Crippen LogP contribution in [0.3, 0.4) is 0 Å². The minimum Gasteiger partial charge on any atom is -0.274 e. The Hall–Kier alpha value is -1.69. The summed E-state index contributed by atoms with van der Waals surface area (Å²) < 4.78 is 1.08. The molecule has 0 unspecified atom stereocenters. The Morgan fingerprint density at radius 2 is 1.57 bits per heavy atom. The summed E-state index contributed by atoms with van der Waals surface area (Å²) in [4.78, 5) is 26.7. The number of nitrogens with zero attached hydrogens (tertiary/aromatic N) is 1. The van der Waals surface area contributed by atoms with Crippen LogP contribution >= 0.6 is 22.6 Å². The Balaban J connectivity index is 1.85. The first-order chi connectivity index (χ1) is 11.0. The molecule has 2 aromatic carbocycles. The standard InChI is InChI=1S/C19H18INO2/c1-12-3-5-14(6-4-12)11-17-13(2)18(22)21(19(17)23)16-9-7-15(20)8-10-16/h3-10,13,17H,11H2,1-2H3/t13-,17+/m0/s1. The van der Waals surface area contributed by atoms with Gasteiger partial charge in [-0.05, 0) is 65.8 Å². The highest BCUT2D eigenvalue weighted by atomic mass is 127. The second kappa shape index (κ2) is 6.43. The molecule has 4 heteroatoms. The monoisotopic (exact) mass is 419 g/mol. The average Bonchev–Trinajstić information content (AvgIpc) is 2.74. The predicted octanol–water partition coefficient (Wildman–Crippen LogP) is 3.97. The lowest BCUT2D eigenvalue weighted by Crippen LogP contribution is -2.31. The summed E-state index contributed by atoms with van der Waals surface area (Å²) in [6, 6.07) is 15.6. The van der Waals surface area contributed by atoms with Gasteiger partial charge in [-0.2, -0.15) is 0 Å². The number of amides is 2. The molecule has 1 aliphatic rings. The SMILES string of the molecule is Cc1ccc(C[C@H]2C(=O)N(c3ccc(I)cc3)C(=O)[C@H]2C)cc1. The smallest absolute Gasteiger partial charge is 0.238 e. The Kier molecular flexibility index (Phi) is 4.53. The van der Waals surface area contributed by atoms with E-state index in [4.69, 9.17) is 0 Å². The van der Waals surface area contributed by atoms with Crippen LogP contribution in [0.1, 0.15) is 18.1 Å². The maximum atomic E-state index is 12.8. The molecule has 1 fully saturated rings. The van der Waals surface area contributed by atoms with Gasteiger partial charge >= 0.3 is 0 Å². The van der Waals surface area contributed by atoms with E-state index < -0.39 is 0 Å². The van der Waals surface area contributed by atoms with Crippen molar-refractivity contribution in [1.82, 2.24) is 0 Å². The highest BCUT2D eigenvalue weighted by Gasteiger charge is 2.45. The molecule has 2 aromatic rings. The summed E-state index contributed by atoms with van der Waals surface area (Å²) in [6.07, 6.45) is 0.604. The van der Waals surface area contributed by atoms with Gasteiger partial charge in [-0.1, -0.05) is 36.8 Å². The van der Waals surface area contributed by atoms with Crippen LogP contribution in [0.5, 0.6) is 0 Å². The Morgan fingerprint density at radius 1 is 0.957 bits per heavy atom. The lowest BCUT2D eigenvalue weighted by Gasteiger charge is -2.15. The van der Waals surface area contributed by atoms with Gasteiger partial charge in [-0.3, -0.25) is 14.5 Å². The van der Waals surface area contributed by atoms with Crippen LogP contribution in [0.25, 0.3) is 0 Å². The molecule has 1 aliphatic heterocycles. The lowest BCUT2D eigenvalue weighted by molar-refractivity contribution is -0.122. The highest BCUT2D eigenvalue weighted by molar-refractivity contribution is 14.1. The van der Waals surface area contributed by atoms with Crippen molar-refractivity contribution in [1.29, 1.82) is 0 Å². The second-order valence-electron chi connectivity index (χ2n) is 6.07. The van der Waals surface area contributed by atoms with Crippen molar-refractivity contribution in [2.45, 2.75) is 20.3 Å². The van der Waals surface area contributed by atoms with Gasteiger partial charge in [0.1, 0.15) is 0 Å². The Morgan fingerprint density at radius 3 is 2.17 bits per heavy atom. The number of benzene rings is 2. The van der Waals surface area contributed by atoms with Gasteiger partial charge in [0.05, 0.1) is 11.6 Å². The summed E-state index contributed by atoms with van der Waals surface area (Å²) in [5.74, 6) is -0.773. The van der Waals surface area contributed by atoms with Gasteiger partial charge in [0.2, 0.25) is 11.8 Å². The van der Waals surface area contributed by atoms with E-state index in [-0.39, 0.29) is 23.7 Å². The van der Waals surface area contributed by atoms with Crippen molar-refractivity contribution in [3.63, 3.8) is 0 Å². The van der Waals surface area contributed by atoms with Gasteiger partial charge in [-0.25, -0.2) is 0 Å². The second-order valence-corrected chi connectivity index (χ2v) is 7.32. The molecule has 3 rings (SSSR count). The van der Waals surface area contributed by atoms with Crippen molar-refractivity contribution in [3.8, 4) is 0 Å². The van der Waals surface area contributed by atoms with Crippen LogP contribution in [0, 0.1) is 22.3 Å². The largest absolute Gasteiger partial charge is 0.274 e. The number of aryl methyl sites for hydroxylation is 1. The predicted molar refractivity (Wildman–Crippen MR) is 99.2 cm³/mol. The van der Waals surface area contributed by atoms with Gasteiger partial charge in [0, 0.05) is 9.49 Å². The van der Waals surface area contributed by atoms with Crippen LogP contribution in [0.15, 0.2) is 48.5 Å². The fourth-order valence-electron chi connectivity index (χ4n) is 2.95. The number of carbonyl (C=O) groups excluding carboxylic acids is 2. The van der Waals surface area contributed by atoms with Crippen LogP contribution in [0.2, 0.25) is 0 Å². The number of anilines is 1. The number of rotatable bonds is 3. The summed E-state index contributed by atoms with van der Waals surface area (Å²) in [6.45, 7) is 3.89. The quantitative estimate of drug-likeness (QED) is 0.558. The van der Waals surface area contributed by atoms with E-state index in [0.29, 0.717) is 12.1 Å². The molecule has 118 valence electrons. The molecule has 0 N–H and O–H groups in total. The van der Waals surface area contributed by atoms with Crippen molar-refractivity contribution in [3.05, 3.63) is 63.2 Å². The van der Waals surface area contributed by atoms with E-state index in [0.717, 1.165) is 9.13 Å². The van der Waals surface area contributed by atoms with E-state index in [1.807, 2.05) is 62.4 Å².